The maximum atomic E-state index is 6.06. The molecule has 0 radical (unpaired) electrons. The number of hydrogen-bond donors (Lipinski definition) is 0. The molecule has 1 unspecified atom stereocenters. The van der Waals surface area contributed by atoms with Crippen LogP contribution < -0.4 is 0 Å². The smallest absolute Gasteiger partial charge is 0.259 e. The summed E-state index contributed by atoms with van der Waals surface area (Å²) in [4.78, 5) is 4.20. The molecule has 3 nitrogen and oxygen atoms in total. The van der Waals surface area contributed by atoms with Gasteiger partial charge in [-0.05, 0) is 18.6 Å². The Labute approximate surface area is 114 Å². The van der Waals surface area contributed by atoms with Crippen LogP contribution in [0.15, 0.2) is 22.7 Å². The van der Waals surface area contributed by atoms with Gasteiger partial charge in [0.1, 0.15) is 0 Å². The highest BCUT2D eigenvalue weighted by Crippen LogP contribution is 2.33. The molecule has 0 bridgehead atoms. The summed E-state index contributed by atoms with van der Waals surface area (Å²) in [6.45, 7) is 1.94. The van der Waals surface area contributed by atoms with Crippen molar-refractivity contribution in [2.75, 3.05) is 0 Å². The van der Waals surface area contributed by atoms with E-state index in [1.54, 1.807) is 18.2 Å². The van der Waals surface area contributed by atoms with Crippen LogP contribution in [0.1, 0.15) is 24.5 Å². The van der Waals surface area contributed by atoms with E-state index in [9.17, 15) is 0 Å². The lowest BCUT2D eigenvalue weighted by Crippen LogP contribution is -1.90. The van der Waals surface area contributed by atoms with Crippen molar-refractivity contribution in [2.45, 2.75) is 18.7 Å². The molecule has 0 saturated carbocycles. The highest BCUT2D eigenvalue weighted by molar-refractivity contribution is 6.43. The Morgan fingerprint density at radius 1 is 1.35 bits per heavy atom. The Bertz CT molecular complexity index is 527. The first-order valence-electron chi connectivity index (χ1n) is 5.05. The minimum atomic E-state index is -0.259. The Balaban J connectivity index is 2.40. The second kappa shape index (κ2) is 5.25. The summed E-state index contributed by atoms with van der Waals surface area (Å²) in [7, 11) is 0. The van der Waals surface area contributed by atoms with Crippen molar-refractivity contribution in [1.82, 2.24) is 10.1 Å². The molecule has 0 aliphatic carbocycles. The third kappa shape index (κ3) is 2.57. The molecule has 0 aliphatic heterocycles. The Kier molecular flexibility index (Phi) is 3.92. The van der Waals surface area contributed by atoms with Crippen LogP contribution in [0.3, 0.4) is 0 Å². The van der Waals surface area contributed by atoms with E-state index >= 15 is 0 Å². The van der Waals surface area contributed by atoms with E-state index in [2.05, 4.69) is 10.1 Å². The lowest BCUT2D eigenvalue weighted by Gasteiger charge is -2.00. The second-order valence-corrected chi connectivity index (χ2v) is 4.75. The number of nitrogens with zero attached hydrogens (tertiary/aromatic N) is 2. The first kappa shape index (κ1) is 12.7. The van der Waals surface area contributed by atoms with Crippen LogP contribution in [0.4, 0.5) is 0 Å². The second-order valence-electron chi connectivity index (χ2n) is 3.43. The van der Waals surface area contributed by atoms with E-state index < -0.39 is 0 Å². The van der Waals surface area contributed by atoms with E-state index in [0.717, 1.165) is 6.42 Å². The quantitative estimate of drug-likeness (QED) is 0.767. The molecule has 17 heavy (non-hydrogen) atoms. The predicted octanol–water partition coefficient (Wildman–Crippen LogP) is 4.73. The van der Waals surface area contributed by atoms with Crippen molar-refractivity contribution < 1.29 is 4.52 Å². The van der Waals surface area contributed by atoms with E-state index in [0.29, 0.717) is 27.3 Å². The van der Waals surface area contributed by atoms with Crippen molar-refractivity contribution in [3.63, 3.8) is 0 Å². The van der Waals surface area contributed by atoms with Crippen molar-refractivity contribution in [3.8, 4) is 11.5 Å². The lowest BCUT2D eigenvalue weighted by molar-refractivity contribution is 0.421. The normalized spacial score (nSPS) is 12.7. The van der Waals surface area contributed by atoms with E-state index in [1.165, 1.54) is 0 Å². The van der Waals surface area contributed by atoms with Crippen LogP contribution in [0.5, 0.6) is 0 Å². The molecule has 0 amide bonds. The van der Waals surface area contributed by atoms with Gasteiger partial charge in [0.05, 0.1) is 21.0 Å². The standard InChI is InChI=1S/C11H9Cl3N2O/c1-2-7(12)10-15-11(17-16-10)6-4-3-5-8(13)9(6)14/h3-5,7H,2H2,1H3. The van der Waals surface area contributed by atoms with Gasteiger partial charge < -0.3 is 4.52 Å². The molecule has 1 atom stereocenters. The molecule has 6 heteroatoms. The van der Waals surface area contributed by atoms with Crippen LogP contribution >= 0.6 is 34.8 Å². The van der Waals surface area contributed by atoms with Gasteiger partial charge in [-0.25, -0.2) is 0 Å². The van der Waals surface area contributed by atoms with Crippen molar-refractivity contribution in [2.24, 2.45) is 0 Å². The van der Waals surface area contributed by atoms with Gasteiger partial charge >= 0.3 is 0 Å². The minimum absolute atomic E-state index is 0.259. The Hall–Kier alpha value is -0.770. The summed E-state index contributed by atoms with van der Waals surface area (Å²) in [6.07, 6.45) is 0.726. The number of rotatable bonds is 3. The minimum Gasteiger partial charge on any atom is -0.334 e. The summed E-state index contributed by atoms with van der Waals surface area (Å²) < 4.78 is 5.12. The molecule has 90 valence electrons. The number of hydrogen-bond acceptors (Lipinski definition) is 3. The molecule has 0 N–H and O–H groups in total. The molecule has 0 fully saturated rings. The fourth-order valence-corrected chi connectivity index (χ4v) is 1.79. The average Bonchev–Trinajstić information content (AvgIpc) is 2.81. The Morgan fingerprint density at radius 3 is 2.82 bits per heavy atom. The number of aromatic nitrogens is 2. The molecule has 2 rings (SSSR count). The molecule has 0 saturated heterocycles. The van der Waals surface area contributed by atoms with Crippen molar-refractivity contribution in [1.29, 1.82) is 0 Å². The highest BCUT2D eigenvalue weighted by atomic mass is 35.5. The third-order valence-corrected chi connectivity index (χ3v) is 3.59. The zero-order chi connectivity index (χ0) is 12.4. The number of benzene rings is 1. The van der Waals surface area contributed by atoms with Crippen LogP contribution in [0.2, 0.25) is 10.0 Å². The summed E-state index contributed by atoms with van der Waals surface area (Å²) in [5.41, 5.74) is 0.609. The maximum absolute atomic E-state index is 6.06. The molecule has 1 heterocycles. The average molecular weight is 292 g/mol. The van der Waals surface area contributed by atoms with Gasteiger partial charge in [-0.3, -0.25) is 0 Å². The highest BCUT2D eigenvalue weighted by Gasteiger charge is 2.17. The van der Waals surface area contributed by atoms with Crippen LogP contribution in [0, 0.1) is 0 Å². The van der Waals surface area contributed by atoms with Gasteiger partial charge in [-0.1, -0.05) is 41.3 Å². The van der Waals surface area contributed by atoms with Gasteiger partial charge in [0, 0.05) is 0 Å². The van der Waals surface area contributed by atoms with Gasteiger partial charge in [0.25, 0.3) is 5.89 Å². The van der Waals surface area contributed by atoms with Crippen LogP contribution in [-0.2, 0) is 0 Å². The fraction of sp³-hybridized carbons (Fsp3) is 0.273. The molecule has 2 aromatic rings. The van der Waals surface area contributed by atoms with Crippen LogP contribution in [-0.4, -0.2) is 10.1 Å². The molecule has 0 aliphatic rings. The molecule has 1 aromatic heterocycles. The van der Waals surface area contributed by atoms with Gasteiger partial charge in [-0.2, -0.15) is 4.98 Å². The first-order chi connectivity index (χ1) is 8.13. The summed E-state index contributed by atoms with van der Waals surface area (Å²) in [5.74, 6) is 0.784. The summed E-state index contributed by atoms with van der Waals surface area (Å²) in [6, 6.07) is 5.23. The SMILES string of the molecule is CCC(Cl)c1noc(-c2cccc(Cl)c2Cl)n1. The van der Waals surface area contributed by atoms with Crippen LogP contribution in [0.25, 0.3) is 11.5 Å². The zero-order valence-corrected chi connectivity index (χ0v) is 11.2. The summed E-state index contributed by atoms with van der Waals surface area (Å²) >= 11 is 18.0. The molecular formula is C11H9Cl3N2O. The monoisotopic (exact) mass is 290 g/mol. The van der Waals surface area contributed by atoms with Crippen molar-refractivity contribution >= 4 is 34.8 Å². The molecule has 0 spiro atoms. The number of halogens is 3. The van der Waals surface area contributed by atoms with Gasteiger partial charge in [0.15, 0.2) is 5.82 Å². The first-order valence-corrected chi connectivity index (χ1v) is 6.24. The van der Waals surface area contributed by atoms with Gasteiger partial charge in [-0.15, -0.1) is 11.6 Å². The molecule has 1 aromatic carbocycles. The zero-order valence-electron chi connectivity index (χ0n) is 8.95. The fourth-order valence-electron chi connectivity index (χ4n) is 1.32. The predicted molar refractivity (Wildman–Crippen MR) is 68.6 cm³/mol. The van der Waals surface area contributed by atoms with Gasteiger partial charge in [0.2, 0.25) is 0 Å². The van der Waals surface area contributed by atoms with Crippen molar-refractivity contribution in [3.05, 3.63) is 34.1 Å². The molecular weight excluding hydrogens is 282 g/mol. The lowest BCUT2D eigenvalue weighted by atomic mass is 10.2. The maximum Gasteiger partial charge on any atom is 0.259 e. The van der Waals surface area contributed by atoms with E-state index in [-0.39, 0.29) is 5.38 Å². The topological polar surface area (TPSA) is 38.9 Å². The van der Waals surface area contributed by atoms with E-state index in [1.807, 2.05) is 6.92 Å². The van der Waals surface area contributed by atoms with E-state index in [4.69, 9.17) is 39.3 Å². The third-order valence-electron chi connectivity index (χ3n) is 2.26. The summed E-state index contributed by atoms with van der Waals surface area (Å²) in [5, 5.41) is 4.40. The Morgan fingerprint density at radius 2 is 2.12 bits per heavy atom. The largest absolute Gasteiger partial charge is 0.334 e. The number of alkyl halides is 1.